The molecule has 25 heavy (non-hydrogen) atoms. The Morgan fingerprint density at radius 2 is 2.08 bits per heavy atom. The van der Waals surface area contributed by atoms with Gasteiger partial charge in [0.15, 0.2) is 6.10 Å². The van der Waals surface area contributed by atoms with E-state index in [9.17, 15) is 14.4 Å². The van der Waals surface area contributed by atoms with Gasteiger partial charge in [0.1, 0.15) is 5.75 Å². The van der Waals surface area contributed by atoms with E-state index in [0.29, 0.717) is 43.1 Å². The first-order chi connectivity index (χ1) is 11.9. The molecule has 1 saturated heterocycles. The van der Waals surface area contributed by atoms with Crippen molar-refractivity contribution in [1.29, 1.82) is 0 Å². The molecule has 1 fully saturated rings. The van der Waals surface area contributed by atoms with E-state index in [4.69, 9.17) is 10.5 Å². The van der Waals surface area contributed by atoms with Crippen LogP contribution in [0.4, 0.5) is 11.4 Å². The molecule has 1 atom stereocenters. The summed E-state index contributed by atoms with van der Waals surface area (Å²) < 4.78 is 5.48. The second-order valence-corrected chi connectivity index (χ2v) is 6.46. The number of benzene rings is 1. The number of carbonyl (C=O) groups is 3. The fourth-order valence-corrected chi connectivity index (χ4v) is 3.07. The zero-order chi connectivity index (χ0) is 18.0. The van der Waals surface area contributed by atoms with Crippen molar-refractivity contribution < 1.29 is 19.1 Å². The summed E-state index contributed by atoms with van der Waals surface area (Å²) in [5.41, 5.74) is 6.45. The Morgan fingerprint density at radius 1 is 1.36 bits per heavy atom. The van der Waals surface area contributed by atoms with Crippen LogP contribution in [0.1, 0.15) is 19.8 Å². The average molecular weight is 346 g/mol. The molecule has 8 heteroatoms. The number of nitrogens with two attached hydrogens (primary N) is 1. The quantitative estimate of drug-likeness (QED) is 0.736. The van der Waals surface area contributed by atoms with Gasteiger partial charge in [-0.15, -0.1) is 0 Å². The SMILES string of the molecule is C[C@@H]1Oc2ccc(NC(=O)CN3CCC(C(N)=O)CC3)cc2NC1=O. The largest absolute Gasteiger partial charge is 0.479 e. The summed E-state index contributed by atoms with van der Waals surface area (Å²) in [6.45, 7) is 3.28. The van der Waals surface area contributed by atoms with E-state index in [1.54, 1.807) is 25.1 Å². The lowest BCUT2D eigenvalue weighted by Crippen LogP contribution is -2.42. The van der Waals surface area contributed by atoms with Crippen LogP contribution in [0, 0.1) is 5.92 Å². The molecule has 3 rings (SSSR count). The lowest BCUT2D eigenvalue weighted by molar-refractivity contribution is -0.124. The molecule has 0 unspecified atom stereocenters. The number of anilines is 2. The van der Waals surface area contributed by atoms with Gasteiger partial charge in [-0.1, -0.05) is 0 Å². The first-order valence-corrected chi connectivity index (χ1v) is 8.35. The Morgan fingerprint density at radius 3 is 2.76 bits per heavy atom. The number of piperidine rings is 1. The number of likely N-dealkylation sites (tertiary alicyclic amines) is 1. The topological polar surface area (TPSA) is 114 Å². The summed E-state index contributed by atoms with van der Waals surface area (Å²) in [6.07, 6.45) is 0.836. The smallest absolute Gasteiger partial charge is 0.265 e. The minimum Gasteiger partial charge on any atom is -0.479 e. The lowest BCUT2D eigenvalue weighted by atomic mass is 9.96. The fraction of sp³-hybridized carbons (Fsp3) is 0.471. The number of ether oxygens (including phenoxy) is 1. The van der Waals surface area contributed by atoms with Crippen molar-refractivity contribution in [3.8, 4) is 5.75 Å². The second-order valence-electron chi connectivity index (χ2n) is 6.46. The Labute approximate surface area is 145 Å². The van der Waals surface area contributed by atoms with Gasteiger partial charge in [-0.05, 0) is 51.1 Å². The molecule has 0 spiro atoms. The lowest BCUT2D eigenvalue weighted by Gasteiger charge is -2.29. The van der Waals surface area contributed by atoms with E-state index >= 15 is 0 Å². The predicted octanol–water partition coefficient (Wildman–Crippen LogP) is 0.542. The summed E-state index contributed by atoms with van der Waals surface area (Å²) in [7, 11) is 0. The van der Waals surface area contributed by atoms with Gasteiger partial charge in [0.2, 0.25) is 11.8 Å². The molecule has 0 saturated carbocycles. The Bertz CT molecular complexity index is 698. The third kappa shape index (κ3) is 4.08. The van der Waals surface area contributed by atoms with Crippen LogP contribution in [-0.2, 0) is 14.4 Å². The van der Waals surface area contributed by atoms with Crippen molar-refractivity contribution in [1.82, 2.24) is 4.90 Å². The molecule has 1 aromatic rings. The molecule has 0 aromatic heterocycles. The maximum atomic E-state index is 12.2. The van der Waals surface area contributed by atoms with Gasteiger partial charge >= 0.3 is 0 Å². The van der Waals surface area contributed by atoms with E-state index in [1.165, 1.54) is 0 Å². The molecule has 4 N–H and O–H groups in total. The maximum Gasteiger partial charge on any atom is 0.265 e. The van der Waals surface area contributed by atoms with E-state index in [0.717, 1.165) is 0 Å². The van der Waals surface area contributed by atoms with E-state index in [2.05, 4.69) is 10.6 Å². The van der Waals surface area contributed by atoms with Crippen LogP contribution in [0.3, 0.4) is 0 Å². The van der Waals surface area contributed by atoms with Crippen LogP contribution in [0.2, 0.25) is 0 Å². The highest BCUT2D eigenvalue weighted by atomic mass is 16.5. The van der Waals surface area contributed by atoms with Crippen molar-refractivity contribution in [2.75, 3.05) is 30.3 Å². The highest BCUT2D eigenvalue weighted by Gasteiger charge is 2.25. The van der Waals surface area contributed by atoms with Crippen LogP contribution in [0.15, 0.2) is 18.2 Å². The molecule has 3 amide bonds. The van der Waals surface area contributed by atoms with E-state index < -0.39 is 6.10 Å². The Balaban J connectivity index is 1.54. The number of rotatable bonds is 4. The number of nitrogens with one attached hydrogen (secondary N) is 2. The highest BCUT2D eigenvalue weighted by Crippen LogP contribution is 2.32. The summed E-state index contributed by atoms with van der Waals surface area (Å²) in [5.74, 6) is -0.136. The Kier molecular flexibility index (Phi) is 4.89. The minimum absolute atomic E-state index is 0.0917. The van der Waals surface area contributed by atoms with Crippen molar-refractivity contribution in [3.63, 3.8) is 0 Å². The van der Waals surface area contributed by atoms with Crippen molar-refractivity contribution in [3.05, 3.63) is 18.2 Å². The number of fused-ring (bicyclic) bond motifs is 1. The molecule has 1 aromatic carbocycles. The third-order valence-electron chi connectivity index (χ3n) is 4.55. The van der Waals surface area contributed by atoms with Crippen LogP contribution in [-0.4, -0.2) is 48.4 Å². The molecule has 2 heterocycles. The number of nitrogens with zero attached hydrogens (tertiary/aromatic N) is 1. The van der Waals surface area contributed by atoms with E-state index in [1.807, 2.05) is 4.90 Å². The van der Waals surface area contributed by atoms with Gasteiger partial charge in [0.05, 0.1) is 12.2 Å². The summed E-state index contributed by atoms with van der Waals surface area (Å²) >= 11 is 0. The number of primary amides is 1. The zero-order valence-electron chi connectivity index (χ0n) is 14.1. The van der Waals surface area contributed by atoms with Gasteiger partial charge < -0.3 is 21.1 Å². The molecule has 0 radical (unpaired) electrons. The average Bonchev–Trinajstić information content (AvgIpc) is 2.56. The maximum absolute atomic E-state index is 12.2. The summed E-state index contributed by atoms with van der Waals surface area (Å²) in [6, 6.07) is 5.13. The predicted molar refractivity (Wildman–Crippen MR) is 92.1 cm³/mol. The van der Waals surface area contributed by atoms with Gasteiger partial charge in [0, 0.05) is 11.6 Å². The second kappa shape index (κ2) is 7.10. The minimum atomic E-state index is -0.531. The summed E-state index contributed by atoms with van der Waals surface area (Å²) in [5, 5.41) is 5.57. The van der Waals surface area contributed by atoms with Crippen molar-refractivity contribution in [2.45, 2.75) is 25.9 Å². The summed E-state index contributed by atoms with van der Waals surface area (Å²) in [4.78, 5) is 37.1. The van der Waals surface area contributed by atoms with Crippen LogP contribution in [0.5, 0.6) is 5.75 Å². The number of carbonyl (C=O) groups excluding carboxylic acids is 3. The number of hydrogen-bond acceptors (Lipinski definition) is 5. The first kappa shape index (κ1) is 17.2. The number of hydrogen-bond donors (Lipinski definition) is 3. The fourth-order valence-electron chi connectivity index (χ4n) is 3.07. The normalized spacial score (nSPS) is 21.0. The molecule has 2 aliphatic heterocycles. The number of amides is 3. The van der Waals surface area contributed by atoms with Gasteiger partial charge in [-0.3, -0.25) is 19.3 Å². The molecule has 2 aliphatic rings. The molecule has 8 nitrogen and oxygen atoms in total. The monoisotopic (exact) mass is 346 g/mol. The van der Waals surface area contributed by atoms with Crippen LogP contribution < -0.4 is 21.1 Å². The standard InChI is InChI=1S/C17H22N4O4/c1-10-17(24)20-13-8-12(2-3-14(13)25-10)19-15(22)9-21-6-4-11(5-7-21)16(18)23/h2-3,8,10-11H,4-7,9H2,1H3,(H2,18,23)(H,19,22)(H,20,24)/t10-/m0/s1. The van der Waals surface area contributed by atoms with Crippen molar-refractivity contribution in [2.24, 2.45) is 11.7 Å². The van der Waals surface area contributed by atoms with E-state index in [-0.39, 0.29) is 30.2 Å². The van der Waals surface area contributed by atoms with Gasteiger partial charge in [0.25, 0.3) is 5.91 Å². The van der Waals surface area contributed by atoms with Gasteiger partial charge in [-0.2, -0.15) is 0 Å². The molecule has 0 aliphatic carbocycles. The zero-order valence-corrected chi connectivity index (χ0v) is 14.1. The van der Waals surface area contributed by atoms with Gasteiger partial charge in [-0.25, -0.2) is 0 Å². The van der Waals surface area contributed by atoms with Crippen LogP contribution >= 0.6 is 0 Å². The first-order valence-electron chi connectivity index (χ1n) is 8.35. The van der Waals surface area contributed by atoms with Crippen molar-refractivity contribution >= 4 is 29.1 Å². The highest BCUT2D eigenvalue weighted by molar-refractivity contribution is 5.99. The molecule has 0 bridgehead atoms. The van der Waals surface area contributed by atoms with Crippen LogP contribution in [0.25, 0.3) is 0 Å². The Hall–Kier alpha value is -2.61. The third-order valence-corrected chi connectivity index (χ3v) is 4.55. The molecular formula is C17H22N4O4. The molecule has 134 valence electrons. The molecular weight excluding hydrogens is 324 g/mol.